The molecule has 2 aromatic heterocycles. The molecular formula is C29H33F2N3O5S. The molecule has 0 saturated heterocycles. The molecule has 1 saturated carbocycles. The Labute approximate surface area is 234 Å². The monoisotopic (exact) mass is 573 g/mol. The maximum Gasteiger partial charge on any atom is 0.410 e. The van der Waals surface area contributed by atoms with Crippen molar-refractivity contribution in [3.8, 4) is 10.4 Å². The molecule has 2 N–H and O–H groups in total. The molecule has 0 radical (unpaired) electrons. The van der Waals surface area contributed by atoms with Gasteiger partial charge in [0.15, 0.2) is 11.6 Å². The Bertz CT molecular complexity index is 1590. The van der Waals surface area contributed by atoms with E-state index in [9.17, 15) is 14.4 Å². The number of benzene rings is 1. The average Bonchev–Trinajstić information content (AvgIpc) is 3.64. The van der Waals surface area contributed by atoms with Crippen LogP contribution < -0.4 is 11.2 Å². The number of nitrogens with two attached hydrogens (primary N) is 1. The Morgan fingerprint density at radius 2 is 1.90 bits per heavy atom. The summed E-state index contributed by atoms with van der Waals surface area (Å²) in [7, 11) is 1.66. The fourth-order valence-corrected chi connectivity index (χ4v) is 6.59. The Kier molecular flexibility index (Phi) is 7.14. The number of nitrogen functional groups attached to an aromatic ring is 1. The van der Waals surface area contributed by atoms with E-state index in [0.29, 0.717) is 17.7 Å². The highest BCUT2D eigenvalue weighted by atomic mass is 32.1. The molecular weight excluding hydrogens is 540 g/mol. The van der Waals surface area contributed by atoms with Crippen LogP contribution in [0.3, 0.4) is 0 Å². The fourth-order valence-electron chi connectivity index (χ4n) is 5.30. The number of esters is 1. The van der Waals surface area contributed by atoms with Gasteiger partial charge in [-0.25, -0.2) is 18.4 Å². The Morgan fingerprint density at radius 3 is 2.52 bits per heavy atom. The van der Waals surface area contributed by atoms with Crippen molar-refractivity contribution in [2.75, 3.05) is 19.4 Å². The molecule has 1 amide bonds. The van der Waals surface area contributed by atoms with Gasteiger partial charge in [0.1, 0.15) is 11.2 Å². The number of ether oxygens (including phenoxy) is 2. The first kappa shape index (κ1) is 28.1. The van der Waals surface area contributed by atoms with Crippen LogP contribution in [0.15, 0.2) is 17.1 Å². The Balaban J connectivity index is 1.66. The summed E-state index contributed by atoms with van der Waals surface area (Å²) in [5.41, 5.74) is 4.21. The number of halogens is 2. The second-order valence-corrected chi connectivity index (χ2v) is 12.5. The number of hydrogen-bond acceptors (Lipinski definition) is 7. The van der Waals surface area contributed by atoms with E-state index in [1.54, 1.807) is 40.8 Å². The minimum Gasteiger partial charge on any atom is -0.462 e. The number of aromatic nitrogens is 1. The maximum absolute atomic E-state index is 16.4. The number of pyridine rings is 1. The summed E-state index contributed by atoms with van der Waals surface area (Å²) in [4.78, 5) is 41.4. The van der Waals surface area contributed by atoms with Gasteiger partial charge < -0.3 is 24.7 Å². The quantitative estimate of drug-likeness (QED) is 0.282. The van der Waals surface area contributed by atoms with E-state index in [0.717, 1.165) is 29.7 Å². The summed E-state index contributed by atoms with van der Waals surface area (Å²) < 4.78 is 44.4. The number of hydrogen-bond donors (Lipinski definition) is 1. The van der Waals surface area contributed by atoms with Gasteiger partial charge in [-0.2, -0.15) is 0 Å². The molecule has 2 aliphatic carbocycles. The lowest BCUT2D eigenvalue weighted by Gasteiger charge is -2.33. The normalized spacial score (nSPS) is 17.0. The van der Waals surface area contributed by atoms with Crippen LogP contribution >= 0.6 is 11.3 Å². The molecule has 3 aromatic rings. The molecule has 40 heavy (non-hydrogen) atoms. The highest BCUT2D eigenvalue weighted by Crippen LogP contribution is 2.46. The van der Waals surface area contributed by atoms with E-state index in [-0.39, 0.29) is 40.7 Å². The van der Waals surface area contributed by atoms with E-state index >= 15 is 8.78 Å². The predicted octanol–water partition coefficient (Wildman–Crippen LogP) is 6.35. The summed E-state index contributed by atoms with van der Waals surface area (Å²) in [6.45, 7) is 7.03. The van der Waals surface area contributed by atoms with Gasteiger partial charge in [-0.1, -0.05) is 0 Å². The number of nitrogens with zero attached hydrogens (tertiary/aromatic N) is 2. The molecule has 1 aromatic carbocycles. The van der Waals surface area contributed by atoms with Gasteiger partial charge in [0.25, 0.3) is 0 Å². The minimum absolute atomic E-state index is 0.0457. The number of rotatable bonds is 5. The van der Waals surface area contributed by atoms with Gasteiger partial charge in [-0.05, 0) is 71.4 Å². The number of aryl methyl sites for hydroxylation is 1. The number of thiophene rings is 1. The summed E-state index contributed by atoms with van der Waals surface area (Å²) in [5, 5.41) is -0.361. The molecule has 0 bridgehead atoms. The van der Waals surface area contributed by atoms with Gasteiger partial charge in [-0.15, -0.1) is 11.3 Å². The highest BCUT2D eigenvalue weighted by Gasteiger charge is 2.35. The van der Waals surface area contributed by atoms with Crippen molar-refractivity contribution in [2.45, 2.75) is 77.5 Å². The summed E-state index contributed by atoms with van der Waals surface area (Å²) in [6.07, 6.45) is 4.46. The van der Waals surface area contributed by atoms with E-state index in [2.05, 4.69) is 0 Å². The number of amides is 1. The lowest BCUT2D eigenvalue weighted by atomic mass is 9.92. The van der Waals surface area contributed by atoms with E-state index in [1.807, 2.05) is 0 Å². The van der Waals surface area contributed by atoms with Crippen molar-refractivity contribution in [1.82, 2.24) is 9.47 Å². The van der Waals surface area contributed by atoms with Crippen LogP contribution in [-0.4, -0.2) is 40.8 Å². The lowest BCUT2D eigenvalue weighted by molar-refractivity contribution is 0.0205. The third-order valence-electron chi connectivity index (χ3n) is 7.30. The topological polar surface area (TPSA) is 104 Å². The zero-order valence-corrected chi connectivity index (χ0v) is 24.0. The predicted molar refractivity (Wildman–Crippen MR) is 150 cm³/mol. The van der Waals surface area contributed by atoms with Crippen LogP contribution in [0.4, 0.5) is 19.3 Å². The van der Waals surface area contributed by atoms with Crippen molar-refractivity contribution in [3.05, 3.63) is 50.1 Å². The van der Waals surface area contributed by atoms with Crippen molar-refractivity contribution in [3.63, 3.8) is 0 Å². The first-order valence-electron chi connectivity index (χ1n) is 13.4. The first-order valence-corrected chi connectivity index (χ1v) is 14.3. The number of carbonyl (C=O) groups excluding carboxylic acids is 2. The third kappa shape index (κ3) is 4.84. The first-order chi connectivity index (χ1) is 18.8. The second kappa shape index (κ2) is 10.2. The minimum atomic E-state index is -1.05. The number of anilines is 1. The SMILES string of the molecule is CCOC(=O)c1cn(C2CC2)c2c(F)c(-c3cc4c(s3)CCCC4N(C)C(=O)OC(C)(C)C)c(F)c(N)c2c1=O. The van der Waals surface area contributed by atoms with Crippen molar-refractivity contribution >= 4 is 40.0 Å². The Hall–Kier alpha value is -3.47. The van der Waals surface area contributed by atoms with Gasteiger partial charge in [-0.3, -0.25) is 4.79 Å². The second-order valence-electron chi connectivity index (χ2n) is 11.4. The zero-order chi connectivity index (χ0) is 29.1. The molecule has 5 rings (SSSR count). The van der Waals surface area contributed by atoms with Crippen molar-refractivity contribution in [2.24, 2.45) is 0 Å². The highest BCUT2D eigenvalue weighted by molar-refractivity contribution is 7.15. The molecule has 1 atom stereocenters. The van der Waals surface area contributed by atoms with E-state index < -0.39 is 40.4 Å². The molecule has 2 aliphatic rings. The van der Waals surface area contributed by atoms with Crippen molar-refractivity contribution in [1.29, 1.82) is 0 Å². The average molecular weight is 574 g/mol. The van der Waals surface area contributed by atoms with Crippen LogP contribution in [0.5, 0.6) is 0 Å². The molecule has 214 valence electrons. The standard InChI is InChI=1S/C29H33F2N3O5S/c1-6-38-27(36)16-13-34(14-10-11-14)25-21(26(16)35)24(32)22(30)20(23(25)31)19-12-15-17(8-7-9-18(15)40-19)33(5)28(37)39-29(2,3)4/h12-14,17H,6-11,32H2,1-5H3. The van der Waals surface area contributed by atoms with Crippen LogP contribution in [0, 0.1) is 11.6 Å². The van der Waals surface area contributed by atoms with E-state index in [4.69, 9.17) is 15.2 Å². The molecule has 0 spiro atoms. The smallest absolute Gasteiger partial charge is 0.410 e. The fraction of sp³-hybridized carbons (Fsp3) is 0.483. The van der Waals surface area contributed by atoms with Crippen LogP contribution in [-0.2, 0) is 15.9 Å². The Morgan fingerprint density at radius 1 is 1.20 bits per heavy atom. The molecule has 1 unspecified atom stereocenters. The third-order valence-corrected chi connectivity index (χ3v) is 8.53. The summed E-state index contributed by atoms with van der Waals surface area (Å²) >= 11 is 1.25. The lowest BCUT2D eigenvalue weighted by Crippen LogP contribution is -2.37. The van der Waals surface area contributed by atoms with Gasteiger partial charge in [0, 0.05) is 29.0 Å². The molecule has 8 nitrogen and oxygen atoms in total. The zero-order valence-electron chi connectivity index (χ0n) is 23.2. The number of carbonyl (C=O) groups is 2. The summed E-state index contributed by atoms with van der Waals surface area (Å²) in [6, 6.07) is 1.25. The molecule has 0 aliphatic heterocycles. The van der Waals surface area contributed by atoms with Crippen molar-refractivity contribution < 1.29 is 27.8 Å². The molecule has 1 fully saturated rings. The van der Waals surface area contributed by atoms with Crippen LogP contribution in [0.2, 0.25) is 0 Å². The van der Waals surface area contributed by atoms with Gasteiger partial charge in [0.2, 0.25) is 5.43 Å². The number of fused-ring (bicyclic) bond motifs is 2. The van der Waals surface area contributed by atoms with Crippen LogP contribution in [0.25, 0.3) is 21.3 Å². The molecule has 2 heterocycles. The maximum atomic E-state index is 16.4. The van der Waals surface area contributed by atoms with Crippen LogP contribution in [0.1, 0.15) is 86.3 Å². The van der Waals surface area contributed by atoms with Gasteiger partial charge >= 0.3 is 12.1 Å². The molecule has 11 heteroatoms. The largest absolute Gasteiger partial charge is 0.462 e. The summed E-state index contributed by atoms with van der Waals surface area (Å²) in [5.74, 6) is -2.82. The van der Waals surface area contributed by atoms with E-state index in [1.165, 1.54) is 27.0 Å². The van der Waals surface area contributed by atoms with Gasteiger partial charge in [0.05, 0.1) is 34.8 Å².